The minimum atomic E-state index is -4.47. The van der Waals surface area contributed by atoms with Gasteiger partial charge in [0.1, 0.15) is 0 Å². The number of carbonyl (C=O) groups is 1. The summed E-state index contributed by atoms with van der Waals surface area (Å²) in [5.74, 6) is -1.45. The summed E-state index contributed by atoms with van der Waals surface area (Å²) < 4.78 is 31.0. The second kappa shape index (κ2) is 17.4. The first-order chi connectivity index (χ1) is 10.9. The Morgan fingerprint density at radius 1 is 0.958 bits per heavy atom. The van der Waals surface area contributed by atoms with Crippen molar-refractivity contribution in [3.63, 3.8) is 0 Å². The van der Waals surface area contributed by atoms with Gasteiger partial charge in [-0.05, 0) is 6.42 Å². The molecular formula is C15H31KO7S. The molecule has 0 fully saturated rings. The molecule has 0 saturated carbocycles. The van der Waals surface area contributed by atoms with E-state index in [-0.39, 0.29) is 58.0 Å². The molecule has 24 heavy (non-hydrogen) atoms. The van der Waals surface area contributed by atoms with Crippen molar-refractivity contribution in [1.29, 1.82) is 0 Å². The fraction of sp³-hybridized carbons (Fsp3) is 0.933. The van der Waals surface area contributed by atoms with Crippen molar-refractivity contribution in [3.05, 3.63) is 0 Å². The predicted molar refractivity (Wildman–Crippen MR) is 93.0 cm³/mol. The fourth-order valence-corrected chi connectivity index (χ4v) is 2.69. The molecule has 0 heterocycles. The average Bonchev–Trinajstić information content (AvgIpc) is 2.51. The number of aliphatic hydroxyl groups is 2. The summed E-state index contributed by atoms with van der Waals surface area (Å²) in [5.41, 5.74) is 0. The molecule has 0 aliphatic rings. The monoisotopic (exact) mass is 394 g/mol. The standard InChI is InChI=1S/C15H30O7S.K.H/c1-2-3-4-5-6-7-8-9-10-11-12-21-23(19,20)22-15(18)14(17)13-16;;/h14,16-17H,2-13H2,1H3;;. The van der Waals surface area contributed by atoms with E-state index in [0.717, 1.165) is 19.3 Å². The number of rotatable bonds is 15. The Morgan fingerprint density at radius 2 is 1.42 bits per heavy atom. The van der Waals surface area contributed by atoms with Crippen molar-refractivity contribution in [2.24, 2.45) is 0 Å². The average molecular weight is 395 g/mol. The number of unbranched alkanes of at least 4 members (excludes halogenated alkanes) is 9. The Morgan fingerprint density at radius 3 is 1.88 bits per heavy atom. The predicted octanol–water partition coefficient (Wildman–Crippen LogP) is 1.42. The van der Waals surface area contributed by atoms with Crippen LogP contribution in [0.1, 0.15) is 71.1 Å². The molecule has 0 spiro atoms. The van der Waals surface area contributed by atoms with Crippen LogP contribution in [0.3, 0.4) is 0 Å². The van der Waals surface area contributed by atoms with Crippen LogP contribution in [0, 0.1) is 0 Å². The molecule has 0 aromatic carbocycles. The molecule has 7 nitrogen and oxygen atoms in total. The van der Waals surface area contributed by atoms with Gasteiger partial charge in [0.05, 0.1) is 13.2 Å². The van der Waals surface area contributed by atoms with Gasteiger partial charge in [-0.15, -0.1) is 0 Å². The van der Waals surface area contributed by atoms with Gasteiger partial charge < -0.3 is 14.4 Å². The van der Waals surface area contributed by atoms with Gasteiger partial charge >= 0.3 is 67.8 Å². The summed E-state index contributed by atoms with van der Waals surface area (Å²) in [7, 11) is -4.47. The Balaban J connectivity index is 0. The third-order valence-corrected chi connectivity index (χ3v) is 4.18. The Hall–Kier alpha value is 0.936. The van der Waals surface area contributed by atoms with Crippen LogP contribution in [0.25, 0.3) is 0 Å². The molecule has 0 bridgehead atoms. The molecule has 2 N–H and O–H groups in total. The zero-order valence-corrected chi connectivity index (χ0v) is 14.7. The third-order valence-electron chi connectivity index (χ3n) is 3.35. The van der Waals surface area contributed by atoms with Crippen molar-refractivity contribution in [2.75, 3.05) is 13.2 Å². The minimum absolute atomic E-state index is 0. The Labute approximate surface area is 188 Å². The number of aliphatic hydroxyl groups excluding tert-OH is 2. The first-order valence-corrected chi connectivity index (χ1v) is 9.68. The molecular weight excluding hydrogens is 363 g/mol. The van der Waals surface area contributed by atoms with Gasteiger partial charge in [0.2, 0.25) is 0 Å². The van der Waals surface area contributed by atoms with E-state index in [9.17, 15) is 13.2 Å². The first-order valence-electron chi connectivity index (χ1n) is 8.34. The van der Waals surface area contributed by atoms with E-state index >= 15 is 0 Å². The topological polar surface area (TPSA) is 110 Å². The van der Waals surface area contributed by atoms with Gasteiger partial charge in [-0.1, -0.05) is 64.7 Å². The molecule has 140 valence electrons. The van der Waals surface area contributed by atoms with Gasteiger partial charge in [-0.2, -0.15) is 8.42 Å². The molecule has 0 rings (SSSR count). The van der Waals surface area contributed by atoms with Crippen molar-refractivity contribution < 1.29 is 31.8 Å². The van der Waals surface area contributed by atoms with Crippen LogP contribution in [0.5, 0.6) is 0 Å². The maximum absolute atomic E-state index is 11.3. The van der Waals surface area contributed by atoms with Crippen LogP contribution >= 0.6 is 0 Å². The third kappa shape index (κ3) is 16.4. The molecule has 0 aliphatic heterocycles. The second-order valence-electron chi connectivity index (χ2n) is 5.51. The van der Waals surface area contributed by atoms with Gasteiger partial charge in [0, 0.05) is 0 Å². The molecule has 0 aromatic rings. The summed E-state index contributed by atoms with van der Waals surface area (Å²) in [4.78, 5) is 11.0. The van der Waals surface area contributed by atoms with Gasteiger partial charge in [0.25, 0.3) is 0 Å². The fourth-order valence-electron chi connectivity index (χ4n) is 2.01. The molecule has 9 heteroatoms. The Bertz CT molecular complexity index is 401. The van der Waals surface area contributed by atoms with E-state index in [2.05, 4.69) is 15.3 Å². The zero-order chi connectivity index (χ0) is 17.6. The van der Waals surface area contributed by atoms with E-state index < -0.39 is 29.1 Å². The first kappa shape index (κ1) is 27.2. The van der Waals surface area contributed by atoms with E-state index in [1.807, 2.05) is 0 Å². The van der Waals surface area contributed by atoms with Gasteiger partial charge in [-0.25, -0.2) is 8.98 Å². The van der Waals surface area contributed by atoms with Crippen LogP contribution in [0.15, 0.2) is 0 Å². The van der Waals surface area contributed by atoms with Gasteiger partial charge in [0.15, 0.2) is 6.10 Å². The van der Waals surface area contributed by atoms with Crippen molar-refractivity contribution in [3.8, 4) is 0 Å². The summed E-state index contributed by atoms with van der Waals surface area (Å²) in [6.07, 6.45) is 9.21. The SMILES string of the molecule is CCCCCCCCCCCCOS(=O)(=O)OC(=O)C(O)CO.[KH]. The molecule has 0 saturated heterocycles. The van der Waals surface area contributed by atoms with E-state index in [4.69, 9.17) is 10.2 Å². The quantitative estimate of drug-likeness (QED) is 0.319. The summed E-state index contributed by atoms with van der Waals surface area (Å²) >= 11 is 0. The summed E-state index contributed by atoms with van der Waals surface area (Å²) in [6, 6.07) is 0. The molecule has 1 atom stereocenters. The van der Waals surface area contributed by atoms with Crippen molar-refractivity contribution in [2.45, 2.75) is 77.2 Å². The molecule has 0 aromatic heterocycles. The number of hydrogen-bond donors (Lipinski definition) is 2. The van der Waals surface area contributed by atoms with Crippen molar-refractivity contribution in [1.82, 2.24) is 0 Å². The second-order valence-corrected chi connectivity index (χ2v) is 6.73. The molecule has 0 amide bonds. The molecule has 1 unspecified atom stereocenters. The van der Waals surface area contributed by atoms with E-state index in [0.29, 0.717) is 6.42 Å². The summed E-state index contributed by atoms with van der Waals surface area (Å²) in [5, 5.41) is 17.4. The normalized spacial score (nSPS) is 12.5. The number of hydrogen-bond acceptors (Lipinski definition) is 7. The van der Waals surface area contributed by atoms with E-state index in [1.54, 1.807) is 0 Å². The van der Waals surface area contributed by atoms with Crippen LogP contribution in [-0.4, -0.2) is 95.3 Å². The maximum atomic E-state index is 11.3. The van der Waals surface area contributed by atoms with Crippen molar-refractivity contribution >= 4 is 67.8 Å². The Kier molecular flexibility index (Phi) is 19.6. The van der Waals surface area contributed by atoms with Crippen LogP contribution in [0.4, 0.5) is 0 Å². The molecule has 0 radical (unpaired) electrons. The summed E-state index contributed by atoms with van der Waals surface area (Å²) in [6.45, 7) is 1.21. The van der Waals surface area contributed by atoms with Crippen LogP contribution in [-0.2, 0) is 23.6 Å². The zero-order valence-electron chi connectivity index (χ0n) is 13.9. The van der Waals surface area contributed by atoms with Crippen LogP contribution < -0.4 is 0 Å². The molecule has 0 aliphatic carbocycles. The van der Waals surface area contributed by atoms with E-state index in [1.165, 1.54) is 38.5 Å². The van der Waals surface area contributed by atoms with Crippen LogP contribution in [0.2, 0.25) is 0 Å². The number of carbonyl (C=O) groups excluding carboxylic acids is 1. The van der Waals surface area contributed by atoms with Gasteiger partial charge in [-0.3, -0.25) is 0 Å².